The predicted octanol–water partition coefficient (Wildman–Crippen LogP) is 5.24. The number of ether oxygens (including phenoxy) is 2. The van der Waals surface area contributed by atoms with Crippen molar-refractivity contribution in [1.29, 1.82) is 0 Å². The fraction of sp³-hybridized carbons (Fsp3) is 0.167. The van der Waals surface area contributed by atoms with Crippen LogP contribution in [0.15, 0.2) is 57.6 Å². The highest BCUT2D eigenvalue weighted by molar-refractivity contribution is 9.11. The largest absolute Gasteiger partial charge is 0.497 e. The van der Waals surface area contributed by atoms with Gasteiger partial charge in [0.15, 0.2) is 0 Å². The Morgan fingerprint density at radius 2 is 1.88 bits per heavy atom. The number of hydrogen-bond donors (Lipinski definition) is 1. The number of carbonyl (C=O) groups excluding carboxylic acids is 1. The molecule has 0 radical (unpaired) electrons. The quantitative estimate of drug-likeness (QED) is 0.479. The number of anilines is 1. The molecule has 0 unspecified atom stereocenters. The molecule has 2 aromatic carbocycles. The zero-order valence-electron chi connectivity index (χ0n) is 13.3. The standard InChI is InChI=1S/C18H17Br2NO3/c1-3-24-18(22)15(12-4-7-14(23-2)8-5-12)11-21-17-9-6-13(19)10-16(17)20/h4-11,21H,3H2,1-2H3/b15-11+. The maximum absolute atomic E-state index is 12.3. The molecule has 0 saturated heterocycles. The Bertz CT molecular complexity index is 742. The molecule has 2 aromatic rings. The molecule has 2 rings (SSSR count). The minimum atomic E-state index is -0.386. The average Bonchev–Trinajstić information content (AvgIpc) is 2.57. The van der Waals surface area contributed by atoms with E-state index >= 15 is 0 Å². The molecule has 0 spiro atoms. The van der Waals surface area contributed by atoms with Crippen molar-refractivity contribution in [3.05, 3.63) is 63.2 Å². The third-order valence-corrected chi connectivity index (χ3v) is 4.35. The number of carbonyl (C=O) groups is 1. The lowest BCUT2D eigenvalue weighted by Crippen LogP contribution is -2.08. The highest BCUT2D eigenvalue weighted by Gasteiger charge is 2.13. The molecule has 0 saturated carbocycles. The van der Waals surface area contributed by atoms with Gasteiger partial charge in [0.1, 0.15) is 5.75 Å². The van der Waals surface area contributed by atoms with E-state index in [4.69, 9.17) is 9.47 Å². The van der Waals surface area contributed by atoms with E-state index in [1.165, 1.54) is 0 Å². The SMILES string of the molecule is CCOC(=O)/C(=C/Nc1ccc(Br)cc1Br)c1ccc(OC)cc1. The monoisotopic (exact) mass is 453 g/mol. The fourth-order valence-corrected chi connectivity index (χ4v) is 3.16. The Morgan fingerprint density at radius 1 is 1.17 bits per heavy atom. The topological polar surface area (TPSA) is 47.6 Å². The third-order valence-electron chi connectivity index (χ3n) is 3.20. The molecule has 0 heterocycles. The molecule has 1 N–H and O–H groups in total. The molecule has 126 valence electrons. The Morgan fingerprint density at radius 3 is 2.46 bits per heavy atom. The van der Waals surface area contributed by atoms with Crippen LogP contribution in [-0.2, 0) is 9.53 Å². The van der Waals surface area contributed by atoms with Crippen molar-refractivity contribution in [2.45, 2.75) is 6.92 Å². The van der Waals surface area contributed by atoms with Crippen LogP contribution >= 0.6 is 31.9 Å². The number of rotatable bonds is 6. The summed E-state index contributed by atoms with van der Waals surface area (Å²) in [4.78, 5) is 12.3. The van der Waals surface area contributed by atoms with Crippen LogP contribution in [0.4, 0.5) is 5.69 Å². The van der Waals surface area contributed by atoms with Crippen LogP contribution in [0.25, 0.3) is 5.57 Å². The zero-order chi connectivity index (χ0) is 17.5. The molecular weight excluding hydrogens is 438 g/mol. The number of esters is 1. The van der Waals surface area contributed by atoms with Crippen molar-refractivity contribution in [2.75, 3.05) is 19.0 Å². The van der Waals surface area contributed by atoms with Gasteiger partial charge in [-0.1, -0.05) is 28.1 Å². The van der Waals surface area contributed by atoms with Gasteiger partial charge >= 0.3 is 5.97 Å². The smallest absolute Gasteiger partial charge is 0.340 e. The van der Waals surface area contributed by atoms with Gasteiger partial charge in [-0.05, 0) is 58.7 Å². The van der Waals surface area contributed by atoms with Crippen LogP contribution in [-0.4, -0.2) is 19.7 Å². The summed E-state index contributed by atoms with van der Waals surface area (Å²) in [6.45, 7) is 2.09. The maximum atomic E-state index is 12.3. The van der Waals surface area contributed by atoms with Crippen molar-refractivity contribution in [3.63, 3.8) is 0 Å². The van der Waals surface area contributed by atoms with Gasteiger partial charge in [0, 0.05) is 15.1 Å². The lowest BCUT2D eigenvalue weighted by atomic mass is 10.1. The molecule has 0 atom stereocenters. The molecule has 0 amide bonds. The first kappa shape index (κ1) is 18.5. The number of halogens is 2. The minimum absolute atomic E-state index is 0.314. The molecule has 0 bridgehead atoms. The normalized spacial score (nSPS) is 11.1. The summed E-state index contributed by atoms with van der Waals surface area (Å²) < 4.78 is 12.1. The Labute approximate surface area is 158 Å². The van der Waals surface area contributed by atoms with Crippen LogP contribution < -0.4 is 10.1 Å². The first-order valence-corrected chi connectivity index (χ1v) is 8.87. The summed E-state index contributed by atoms with van der Waals surface area (Å²) in [5.74, 6) is 0.342. The van der Waals surface area contributed by atoms with E-state index in [2.05, 4.69) is 37.2 Å². The Hall–Kier alpha value is -1.79. The molecule has 0 aliphatic heterocycles. The summed E-state index contributed by atoms with van der Waals surface area (Å²) in [7, 11) is 1.60. The average molecular weight is 455 g/mol. The van der Waals surface area contributed by atoms with E-state index in [1.807, 2.05) is 30.3 Å². The lowest BCUT2D eigenvalue weighted by Gasteiger charge is -2.10. The van der Waals surface area contributed by atoms with Crippen molar-refractivity contribution in [1.82, 2.24) is 0 Å². The predicted molar refractivity (Wildman–Crippen MR) is 103 cm³/mol. The van der Waals surface area contributed by atoms with Crippen LogP contribution in [0, 0.1) is 0 Å². The van der Waals surface area contributed by atoms with E-state index in [1.54, 1.807) is 32.4 Å². The Balaban J connectivity index is 2.32. The van der Waals surface area contributed by atoms with Gasteiger partial charge in [0.2, 0.25) is 0 Å². The van der Waals surface area contributed by atoms with Gasteiger partial charge < -0.3 is 14.8 Å². The van der Waals surface area contributed by atoms with Crippen molar-refractivity contribution in [2.24, 2.45) is 0 Å². The first-order chi connectivity index (χ1) is 11.5. The van der Waals surface area contributed by atoms with Crippen LogP contribution in [0.5, 0.6) is 5.75 Å². The zero-order valence-corrected chi connectivity index (χ0v) is 16.5. The molecule has 0 aromatic heterocycles. The van der Waals surface area contributed by atoms with Gasteiger partial charge in [-0.15, -0.1) is 0 Å². The second-order valence-corrected chi connectivity index (χ2v) is 6.55. The molecule has 0 aliphatic rings. The first-order valence-electron chi connectivity index (χ1n) is 7.28. The van der Waals surface area contributed by atoms with E-state index in [0.29, 0.717) is 12.2 Å². The van der Waals surface area contributed by atoms with Crippen molar-refractivity contribution >= 4 is 49.1 Å². The Kier molecular flexibility index (Phi) is 6.87. The molecule has 0 aliphatic carbocycles. The van der Waals surface area contributed by atoms with Crippen molar-refractivity contribution < 1.29 is 14.3 Å². The van der Waals surface area contributed by atoms with E-state index < -0.39 is 0 Å². The summed E-state index contributed by atoms with van der Waals surface area (Å²) in [5, 5.41) is 3.14. The second kappa shape index (κ2) is 8.89. The summed E-state index contributed by atoms with van der Waals surface area (Å²) >= 11 is 6.90. The molecule has 0 fully saturated rings. The lowest BCUT2D eigenvalue weighted by molar-refractivity contribution is -0.136. The van der Waals surface area contributed by atoms with E-state index in [0.717, 1.165) is 25.9 Å². The molecule has 4 nitrogen and oxygen atoms in total. The summed E-state index contributed by atoms with van der Waals surface area (Å²) in [6, 6.07) is 13.0. The van der Waals surface area contributed by atoms with Gasteiger partial charge in [-0.25, -0.2) is 4.79 Å². The molecule has 6 heteroatoms. The van der Waals surface area contributed by atoms with Gasteiger partial charge in [-0.2, -0.15) is 0 Å². The maximum Gasteiger partial charge on any atom is 0.340 e. The minimum Gasteiger partial charge on any atom is -0.497 e. The van der Waals surface area contributed by atoms with Crippen LogP contribution in [0.2, 0.25) is 0 Å². The third kappa shape index (κ3) is 4.85. The number of hydrogen-bond acceptors (Lipinski definition) is 4. The summed E-state index contributed by atoms with van der Waals surface area (Å²) in [5.41, 5.74) is 2.03. The highest BCUT2D eigenvalue weighted by atomic mass is 79.9. The number of nitrogens with one attached hydrogen (secondary N) is 1. The van der Waals surface area contributed by atoms with Gasteiger partial charge in [-0.3, -0.25) is 0 Å². The summed E-state index contributed by atoms with van der Waals surface area (Å²) in [6.07, 6.45) is 1.65. The van der Waals surface area contributed by atoms with Gasteiger partial charge in [0.05, 0.1) is 25.0 Å². The fourth-order valence-electron chi connectivity index (χ4n) is 2.00. The molecule has 24 heavy (non-hydrogen) atoms. The van der Waals surface area contributed by atoms with Crippen molar-refractivity contribution in [3.8, 4) is 5.75 Å². The number of methoxy groups -OCH3 is 1. The van der Waals surface area contributed by atoms with Crippen LogP contribution in [0.1, 0.15) is 12.5 Å². The van der Waals surface area contributed by atoms with Gasteiger partial charge in [0.25, 0.3) is 0 Å². The molecular formula is C18H17Br2NO3. The second-order valence-electron chi connectivity index (χ2n) is 4.78. The van der Waals surface area contributed by atoms with E-state index in [9.17, 15) is 4.79 Å². The highest BCUT2D eigenvalue weighted by Crippen LogP contribution is 2.27. The number of benzene rings is 2. The van der Waals surface area contributed by atoms with E-state index in [-0.39, 0.29) is 5.97 Å². The van der Waals surface area contributed by atoms with Crippen LogP contribution in [0.3, 0.4) is 0 Å².